The van der Waals surface area contributed by atoms with Crippen LogP contribution >= 0.6 is 23.2 Å². The second-order valence-corrected chi connectivity index (χ2v) is 5.22. The van der Waals surface area contributed by atoms with Crippen molar-refractivity contribution in [3.63, 3.8) is 0 Å². The average Bonchev–Trinajstić information content (AvgIpc) is 2.44. The molecule has 20 heavy (non-hydrogen) atoms. The largest absolute Gasteiger partial charge is 0.296 e. The maximum Gasteiger partial charge on any atom is 0.142 e. The summed E-state index contributed by atoms with van der Waals surface area (Å²) in [6.07, 6.45) is 0. The Morgan fingerprint density at radius 3 is 2.55 bits per heavy atom. The summed E-state index contributed by atoms with van der Waals surface area (Å²) in [6, 6.07) is 12.2. The summed E-state index contributed by atoms with van der Waals surface area (Å²) >= 11 is 11.7. The van der Waals surface area contributed by atoms with E-state index in [9.17, 15) is 4.39 Å². The van der Waals surface area contributed by atoms with Gasteiger partial charge in [0.25, 0.3) is 0 Å². The standard InChI is InChI=1S/C15H14Cl2FNO/c1-10(12-7-15(18)14(17)8-13(12)16)19-20-9-11-5-3-2-4-6-11/h2-8,10,19H,9H2,1H3. The first-order valence-electron chi connectivity index (χ1n) is 6.13. The van der Waals surface area contributed by atoms with Crippen molar-refractivity contribution in [1.82, 2.24) is 5.48 Å². The van der Waals surface area contributed by atoms with Crippen LogP contribution in [-0.4, -0.2) is 0 Å². The predicted octanol–water partition coefficient (Wildman–Crippen LogP) is 4.91. The van der Waals surface area contributed by atoms with E-state index in [0.29, 0.717) is 17.2 Å². The molecular weight excluding hydrogens is 300 g/mol. The molecule has 2 aromatic carbocycles. The lowest BCUT2D eigenvalue weighted by Crippen LogP contribution is -2.19. The molecule has 106 valence electrons. The van der Waals surface area contributed by atoms with Crippen LogP contribution in [0.4, 0.5) is 4.39 Å². The van der Waals surface area contributed by atoms with E-state index in [1.165, 1.54) is 12.1 Å². The monoisotopic (exact) mass is 313 g/mol. The Bertz CT molecular complexity index is 578. The van der Waals surface area contributed by atoms with Gasteiger partial charge < -0.3 is 0 Å². The number of halogens is 3. The highest BCUT2D eigenvalue weighted by Gasteiger charge is 2.13. The van der Waals surface area contributed by atoms with Crippen molar-refractivity contribution in [1.29, 1.82) is 0 Å². The molecule has 2 nitrogen and oxygen atoms in total. The summed E-state index contributed by atoms with van der Waals surface area (Å²) in [5.41, 5.74) is 4.48. The molecule has 1 atom stereocenters. The van der Waals surface area contributed by atoms with Crippen molar-refractivity contribution in [2.75, 3.05) is 0 Å². The van der Waals surface area contributed by atoms with Crippen LogP contribution in [0.2, 0.25) is 10.0 Å². The van der Waals surface area contributed by atoms with Crippen molar-refractivity contribution >= 4 is 23.2 Å². The molecule has 0 amide bonds. The van der Waals surface area contributed by atoms with Gasteiger partial charge in [-0.2, -0.15) is 5.48 Å². The second-order valence-electron chi connectivity index (χ2n) is 4.40. The molecule has 2 aromatic rings. The van der Waals surface area contributed by atoms with E-state index in [1.54, 1.807) is 0 Å². The highest BCUT2D eigenvalue weighted by Crippen LogP contribution is 2.28. The normalized spacial score (nSPS) is 12.4. The predicted molar refractivity (Wildman–Crippen MR) is 79.2 cm³/mol. The van der Waals surface area contributed by atoms with Crippen LogP contribution in [0.15, 0.2) is 42.5 Å². The summed E-state index contributed by atoms with van der Waals surface area (Å²) in [7, 11) is 0. The Morgan fingerprint density at radius 1 is 1.15 bits per heavy atom. The van der Waals surface area contributed by atoms with Gasteiger partial charge in [0.15, 0.2) is 0 Å². The average molecular weight is 314 g/mol. The maximum atomic E-state index is 13.4. The molecule has 1 unspecified atom stereocenters. The van der Waals surface area contributed by atoms with Crippen LogP contribution in [-0.2, 0) is 11.4 Å². The third-order valence-corrected chi connectivity index (χ3v) is 3.46. The maximum absolute atomic E-state index is 13.4. The first-order valence-corrected chi connectivity index (χ1v) is 6.89. The molecule has 0 saturated carbocycles. The quantitative estimate of drug-likeness (QED) is 0.625. The molecular formula is C15H14Cl2FNO. The lowest BCUT2D eigenvalue weighted by molar-refractivity contribution is 0.00695. The zero-order chi connectivity index (χ0) is 14.5. The van der Waals surface area contributed by atoms with Crippen molar-refractivity contribution in [2.45, 2.75) is 19.6 Å². The molecule has 0 fully saturated rings. The molecule has 0 aliphatic heterocycles. The summed E-state index contributed by atoms with van der Waals surface area (Å²) < 4.78 is 13.4. The van der Waals surface area contributed by atoms with Gasteiger partial charge in [0.1, 0.15) is 5.82 Å². The number of hydrogen-bond donors (Lipinski definition) is 1. The van der Waals surface area contributed by atoms with E-state index in [2.05, 4.69) is 5.48 Å². The Kier molecular flexibility index (Phi) is 5.38. The molecule has 0 aliphatic carbocycles. The first-order chi connectivity index (χ1) is 9.58. The van der Waals surface area contributed by atoms with E-state index in [0.717, 1.165) is 5.56 Å². The Hall–Kier alpha value is -1.13. The van der Waals surface area contributed by atoms with Gasteiger partial charge in [0.2, 0.25) is 0 Å². The van der Waals surface area contributed by atoms with Crippen LogP contribution < -0.4 is 5.48 Å². The fourth-order valence-corrected chi connectivity index (χ4v) is 2.30. The molecule has 0 saturated heterocycles. The minimum absolute atomic E-state index is 0.0103. The van der Waals surface area contributed by atoms with E-state index in [1.807, 2.05) is 37.3 Å². The third-order valence-electron chi connectivity index (χ3n) is 2.85. The Balaban J connectivity index is 1.95. The molecule has 0 aromatic heterocycles. The molecule has 0 aliphatic rings. The minimum atomic E-state index is -0.497. The molecule has 0 radical (unpaired) electrons. The van der Waals surface area contributed by atoms with Crippen molar-refractivity contribution < 1.29 is 9.23 Å². The minimum Gasteiger partial charge on any atom is -0.296 e. The third kappa shape index (κ3) is 3.93. The molecule has 5 heteroatoms. The second kappa shape index (κ2) is 7.04. The Labute approximate surface area is 127 Å². The molecule has 0 bridgehead atoms. The topological polar surface area (TPSA) is 21.3 Å². The molecule has 2 rings (SSSR count). The molecule has 0 heterocycles. The highest BCUT2D eigenvalue weighted by molar-refractivity contribution is 6.35. The van der Waals surface area contributed by atoms with Crippen LogP contribution in [0.25, 0.3) is 0 Å². The van der Waals surface area contributed by atoms with Crippen LogP contribution in [0.1, 0.15) is 24.1 Å². The van der Waals surface area contributed by atoms with Gasteiger partial charge in [-0.3, -0.25) is 4.84 Å². The highest BCUT2D eigenvalue weighted by atomic mass is 35.5. The Morgan fingerprint density at radius 2 is 1.85 bits per heavy atom. The van der Waals surface area contributed by atoms with Gasteiger partial charge in [0, 0.05) is 5.02 Å². The van der Waals surface area contributed by atoms with E-state index < -0.39 is 5.82 Å². The number of nitrogens with one attached hydrogen (secondary N) is 1. The smallest absolute Gasteiger partial charge is 0.142 e. The number of rotatable bonds is 5. The van der Waals surface area contributed by atoms with Gasteiger partial charge in [-0.05, 0) is 30.2 Å². The number of hydrogen-bond acceptors (Lipinski definition) is 2. The van der Waals surface area contributed by atoms with Crippen molar-refractivity contribution in [3.05, 3.63) is 69.5 Å². The fourth-order valence-electron chi connectivity index (χ4n) is 1.76. The van der Waals surface area contributed by atoms with Gasteiger partial charge in [-0.25, -0.2) is 4.39 Å². The summed E-state index contributed by atoms with van der Waals surface area (Å²) in [5, 5.41) is 0.413. The molecule has 0 spiro atoms. The lowest BCUT2D eigenvalue weighted by atomic mass is 10.1. The van der Waals surface area contributed by atoms with E-state index >= 15 is 0 Å². The van der Waals surface area contributed by atoms with Gasteiger partial charge >= 0.3 is 0 Å². The summed E-state index contributed by atoms with van der Waals surface area (Å²) in [6.45, 7) is 2.25. The van der Waals surface area contributed by atoms with E-state index in [-0.39, 0.29) is 11.1 Å². The fraction of sp³-hybridized carbons (Fsp3) is 0.200. The first kappa shape index (κ1) is 15.3. The van der Waals surface area contributed by atoms with Gasteiger partial charge in [0.05, 0.1) is 17.7 Å². The van der Waals surface area contributed by atoms with Crippen LogP contribution in [0.3, 0.4) is 0 Å². The van der Waals surface area contributed by atoms with E-state index in [4.69, 9.17) is 28.0 Å². The zero-order valence-electron chi connectivity index (χ0n) is 10.9. The number of benzene rings is 2. The van der Waals surface area contributed by atoms with Gasteiger partial charge in [-0.1, -0.05) is 53.5 Å². The van der Waals surface area contributed by atoms with Crippen molar-refractivity contribution in [2.24, 2.45) is 0 Å². The van der Waals surface area contributed by atoms with Gasteiger partial charge in [-0.15, -0.1) is 0 Å². The zero-order valence-corrected chi connectivity index (χ0v) is 12.4. The number of hydroxylamine groups is 1. The lowest BCUT2D eigenvalue weighted by Gasteiger charge is -2.16. The van der Waals surface area contributed by atoms with Crippen molar-refractivity contribution in [3.8, 4) is 0 Å². The molecule has 1 N–H and O–H groups in total. The van der Waals surface area contributed by atoms with Crippen LogP contribution in [0, 0.1) is 5.82 Å². The van der Waals surface area contributed by atoms with Crippen LogP contribution in [0.5, 0.6) is 0 Å². The summed E-state index contributed by atoms with van der Waals surface area (Å²) in [4.78, 5) is 5.40. The summed E-state index contributed by atoms with van der Waals surface area (Å²) in [5.74, 6) is -0.497. The SMILES string of the molecule is CC(NOCc1ccccc1)c1cc(F)c(Cl)cc1Cl.